The number of hydrogen-bond acceptors (Lipinski definition) is 6. The van der Waals surface area contributed by atoms with Crippen molar-refractivity contribution in [1.29, 1.82) is 0 Å². The van der Waals surface area contributed by atoms with Crippen LogP contribution < -0.4 is 20.9 Å². The highest BCUT2D eigenvalue weighted by atomic mass is 35.5. The molecular formula is C21H20ClF3N4O2. The number of rotatable bonds is 7. The Morgan fingerprint density at radius 3 is 2.23 bits per heavy atom. The van der Waals surface area contributed by atoms with Crippen LogP contribution in [0.2, 0.25) is 5.02 Å². The zero-order valence-electron chi connectivity index (χ0n) is 16.5. The summed E-state index contributed by atoms with van der Waals surface area (Å²) in [6.07, 6.45) is -4.25. The van der Waals surface area contributed by atoms with E-state index in [0.717, 1.165) is 6.07 Å². The van der Waals surface area contributed by atoms with Crippen LogP contribution in [0, 0.1) is 6.92 Å². The number of hydrogen-bond donors (Lipinski definition) is 2. The van der Waals surface area contributed by atoms with Gasteiger partial charge in [0.05, 0.1) is 24.5 Å². The Hall–Kier alpha value is -3.20. The van der Waals surface area contributed by atoms with Crippen molar-refractivity contribution in [3.8, 4) is 22.6 Å². The summed E-state index contributed by atoms with van der Waals surface area (Å²) in [7, 11) is 0. The lowest BCUT2D eigenvalue weighted by molar-refractivity contribution is -0.138. The molecule has 0 spiro atoms. The third-order valence-corrected chi connectivity index (χ3v) is 4.59. The van der Waals surface area contributed by atoms with Crippen LogP contribution in [-0.4, -0.2) is 23.2 Å². The average molecular weight is 453 g/mol. The van der Waals surface area contributed by atoms with Crippen LogP contribution in [0.1, 0.15) is 17.7 Å². The lowest BCUT2D eigenvalue weighted by Crippen LogP contribution is -2.12. The molecule has 0 atom stereocenters. The van der Waals surface area contributed by atoms with Gasteiger partial charge in [-0.05, 0) is 42.3 Å². The van der Waals surface area contributed by atoms with E-state index in [4.69, 9.17) is 32.5 Å². The third kappa shape index (κ3) is 5.69. The number of anilines is 2. The smallest absolute Gasteiger partial charge is 0.419 e. The Labute approximate surface area is 182 Å². The largest absolute Gasteiger partial charge is 0.493 e. The predicted molar refractivity (Wildman–Crippen MR) is 113 cm³/mol. The van der Waals surface area contributed by atoms with Gasteiger partial charge in [0.1, 0.15) is 5.75 Å². The van der Waals surface area contributed by atoms with Crippen LogP contribution in [0.25, 0.3) is 11.1 Å². The highest BCUT2D eigenvalue weighted by Crippen LogP contribution is 2.39. The van der Waals surface area contributed by atoms with Gasteiger partial charge in [-0.25, -0.2) is 4.98 Å². The fourth-order valence-electron chi connectivity index (χ4n) is 2.90. The second kappa shape index (κ2) is 9.30. The van der Waals surface area contributed by atoms with E-state index in [1.54, 1.807) is 37.3 Å². The van der Waals surface area contributed by atoms with E-state index in [0.29, 0.717) is 28.3 Å². The second-order valence-electron chi connectivity index (χ2n) is 6.65. The minimum Gasteiger partial charge on any atom is -0.493 e. The maximum atomic E-state index is 13.6. The topological polar surface area (TPSA) is 96.3 Å². The summed E-state index contributed by atoms with van der Waals surface area (Å²) in [4.78, 5) is 7.77. The zero-order valence-corrected chi connectivity index (χ0v) is 17.3. The molecule has 2 aromatic carbocycles. The molecule has 0 unspecified atom stereocenters. The maximum absolute atomic E-state index is 13.6. The Bertz CT molecular complexity index is 1040. The summed E-state index contributed by atoms with van der Waals surface area (Å²) in [5.74, 6) is 0.171. The fourth-order valence-corrected chi connectivity index (χ4v) is 3.03. The molecule has 0 radical (unpaired) electrons. The van der Waals surface area contributed by atoms with Crippen molar-refractivity contribution >= 4 is 23.4 Å². The molecule has 31 heavy (non-hydrogen) atoms. The lowest BCUT2D eigenvalue weighted by atomic mass is 10.0. The normalized spacial score (nSPS) is 11.4. The molecule has 0 aliphatic rings. The molecule has 164 valence electrons. The van der Waals surface area contributed by atoms with Crippen molar-refractivity contribution in [2.24, 2.45) is 0 Å². The molecular weight excluding hydrogens is 433 g/mol. The number of nitrogen functional groups attached to an aromatic ring is 2. The van der Waals surface area contributed by atoms with Crippen molar-refractivity contribution in [1.82, 2.24) is 9.97 Å². The molecule has 0 fully saturated rings. The molecule has 3 rings (SSSR count). The van der Waals surface area contributed by atoms with Crippen LogP contribution in [0.5, 0.6) is 11.5 Å². The quantitative estimate of drug-likeness (QED) is 0.482. The first kappa shape index (κ1) is 22.5. The van der Waals surface area contributed by atoms with Gasteiger partial charge in [-0.15, -0.1) is 0 Å². The number of nitrogens with two attached hydrogens (primary N) is 2. The summed E-state index contributed by atoms with van der Waals surface area (Å²) >= 11 is 5.84. The third-order valence-electron chi connectivity index (χ3n) is 4.33. The van der Waals surface area contributed by atoms with Crippen LogP contribution in [0.4, 0.5) is 24.9 Å². The molecule has 1 heterocycles. The summed E-state index contributed by atoms with van der Waals surface area (Å²) < 4.78 is 51.6. The number of nitrogens with zero attached hydrogens (tertiary/aromatic N) is 2. The summed E-state index contributed by atoms with van der Waals surface area (Å²) in [6, 6.07) is 10.5. The summed E-state index contributed by atoms with van der Waals surface area (Å²) in [6.45, 7) is 1.83. The molecule has 1 aromatic heterocycles. The first-order chi connectivity index (χ1) is 14.6. The van der Waals surface area contributed by atoms with Gasteiger partial charge in [0, 0.05) is 11.4 Å². The lowest BCUT2D eigenvalue weighted by Gasteiger charge is -2.16. The second-order valence-corrected chi connectivity index (χ2v) is 7.08. The Balaban J connectivity index is 1.65. The number of ether oxygens (including phenoxy) is 2. The van der Waals surface area contributed by atoms with Gasteiger partial charge in [-0.1, -0.05) is 29.8 Å². The molecule has 0 bridgehead atoms. The van der Waals surface area contributed by atoms with E-state index in [-0.39, 0.29) is 36.5 Å². The van der Waals surface area contributed by atoms with Crippen molar-refractivity contribution in [2.45, 2.75) is 19.5 Å². The summed E-state index contributed by atoms with van der Waals surface area (Å²) in [5, 5.41) is 0.504. The van der Waals surface area contributed by atoms with Crippen molar-refractivity contribution in [2.75, 3.05) is 24.7 Å². The first-order valence-electron chi connectivity index (χ1n) is 9.27. The Kier molecular flexibility index (Phi) is 6.74. The van der Waals surface area contributed by atoms with E-state index in [1.165, 1.54) is 6.07 Å². The molecule has 0 amide bonds. The van der Waals surface area contributed by atoms with E-state index in [9.17, 15) is 13.2 Å². The number of alkyl halides is 3. The number of benzene rings is 2. The van der Waals surface area contributed by atoms with Crippen LogP contribution in [0.3, 0.4) is 0 Å². The van der Waals surface area contributed by atoms with Gasteiger partial charge in [0.25, 0.3) is 0 Å². The maximum Gasteiger partial charge on any atom is 0.419 e. The molecule has 0 saturated carbocycles. The van der Waals surface area contributed by atoms with Crippen LogP contribution >= 0.6 is 11.6 Å². The monoisotopic (exact) mass is 452 g/mol. The minimum atomic E-state index is -4.57. The van der Waals surface area contributed by atoms with Crippen molar-refractivity contribution < 1.29 is 22.6 Å². The highest BCUT2D eigenvalue weighted by molar-refractivity contribution is 6.30. The van der Waals surface area contributed by atoms with Gasteiger partial charge in [-0.2, -0.15) is 18.2 Å². The molecule has 6 nitrogen and oxygen atoms in total. The van der Waals surface area contributed by atoms with Gasteiger partial charge in [-0.3, -0.25) is 0 Å². The number of aryl methyl sites for hydroxylation is 1. The summed E-state index contributed by atoms with van der Waals surface area (Å²) in [5.41, 5.74) is 11.9. The highest BCUT2D eigenvalue weighted by Gasteiger charge is 2.34. The molecule has 0 aliphatic carbocycles. The molecule has 0 aliphatic heterocycles. The van der Waals surface area contributed by atoms with Crippen LogP contribution in [0.15, 0.2) is 42.5 Å². The van der Waals surface area contributed by atoms with E-state index in [2.05, 4.69) is 9.97 Å². The van der Waals surface area contributed by atoms with Gasteiger partial charge >= 0.3 is 6.18 Å². The standard InChI is InChI=1S/C21H20ClF3N4O2/c1-12-18(19(26)29-20(27)28-12)31-10-2-9-30-17-8-5-14(11-16(17)21(23,24)25)13-3-6-15(22)7-4-13/h3-8,11H,2,9-10H2,1H3,(H4,26,27,28,29). The minimum absolute atomic E-state index is 0.0121. The van der Waals surface area contributed by atoms with Gasteiger partial charge < -0.3 is 20.9 Å². The van der Waals surface area contributed by atoms with E-state index in [1.807, 2.05) is 0 Å². The predicted octanol–water partition coefficient (Wildman–Crippen LogP) is 5.14. The SMILES string of the molecule is Cc1nc(N)nc(N)c1OCCCOc1ccc(-c2ccc(Cl)cc2)cc1C(F)(F)F. The number of aromatic nitrogens is 2. The van der Waals surface area contributed by atoms with Crippen molar-refractivity contribution in [3.63, 3.8) is 0 Å². The zero-order chi connectivity index (χ0) is 22.6. The fraction of sp³-hybridized carbons (Fsp3) is 0.238. The van der Waals surface area contributed by atoms with Crippen LogP contribution in [-0.2, 0) is 6.18 Å². The van der Waals surface area contributed by atoms with E-state index < -0.39 is 11.7 Å². The molecule has 4 N–H and O–H groups in total. The number of halogens is 4. The first-order valence-corrected chi connectivity index (χ1v) is 9.65. The van der Waals surface area contributed by atoms with E-state index >= 15 is 0 Å². The molecule has 10 heteroatoms. The van der Waals surface area contributed by atoms with Gasteiger partial charge in [0.15, 0.2) is 11.6 Å². The molecule has 0 saturated heterocycles. The van der Waals surface area contributed by atoms with Gasteiger partial charge in [0.2, 0.25) is 5.95 Å². The van der Waals surface area contributed by atoms with Crippen molar-refractivity contribution in [3.05, 3.63) is 58.7 Å². The Morgan fingerprint density at radius 2 is 1.58 bits per heavy atom. The average Bonchev–Trinajstić information content (AvgIpc) is 2.69. The Morgan fingerprint density at radius 1 is 0.935 bits per heavy atom. The molecule has 3 aromatic rings.